The molecule has 0 fully saturated rings. The molecule has 0 aromatic heterocycles. The highest BCUT2D eigenvalue weighted by Gasteiger charge is 2.18. The van der Waals surface area contributed by atoms with E-state index in [2.05, 4.69) is 10.2 Å². The summed E-state index contributed by atoms with van der Waals surface area (Å²) in [5, 5.41) is 29.8. The highest BCUT2D eigenvalue weighted by molar-refractivity contribution is 7.86. The van der Waals surface area contributed by atoms with Crippen LogP contribution in [0.5, 0.6) is 5.75 Å². The summed E-state index contributed by atoms with van der Waals surface area (Å²) in [4.78, 5) is 11.2. The van der Waals surface area contributed by atoms with Crippen LogP contribution < -0.4 is 0 Å². The van der Waals surface area contributed by atoms with Gasteiger partial charge >= 0.3 is 5.97 Å². The van der Waals surface area contributed by atoms with Crippen LogP contribution in [0.1, 0.15) is 10.4 Å². The van der Waals surface area contributed by atoms with E-state index in [1.54, 1.807) is 42.5 Å². The normalized spacial score (nSPS) is 12.0. The van der Waals surface area contributed by atoms with Gasteiger partial charge in [-0.25, -0.2) is 4.79 Å². The van der Waals surface area contributed by atoms with Crippen LogP contribution >= 0.6 is 0 Å². The molecule has 3 N–H and O–H groups in total. The third-order valence-electron chi connectivity index (χ3n) is 4.62. The number of azo groups is 1. The standard InChI is InChI=1S/C21H14N2O6S/c24-20-16(21(25)26)11-12-5-1-2-6-13(12)19(20)23-22-17-9-10-18(30(27,28)29)15-8-4-3-7-14(15)17/h1-11,24H,(H,25,26)(H,27,28,29). The fourth-order valence-corrected chi connectivity index (χ4v) is 3.95. The number of carboxylic acids is 1. The summed E-state index contributed by atoms with van der Waals surface area (Å²) in [6, 6.07) is 17.2. The zero-order chi connectivity index (χ0) is 21.5. The Hall–Kier alpha value is -3.82. The summed E-state index contributed by atoms with van der Waals surface area (Å²) in [6.45, 7) is 0. The number of nitrogens with zero attached hydrogens (tertiary/aromatic N) is 2. The molecule has 0 amide bonds. The van der Waals surface area contributed by atoms with E-state index in [4.69, 9.17) is 0 Å². The van der Waals surface area contributed by atoms with Crippen LogP contribution in [0, 0.1) is 0 Å². The largest absolute Gasteiger partial charge is 0.505 e. The van der Waals surface area contributed by atoms with Gasteiger partial charge in [0.2, 0.25) is 0 Å². The predicted octanol–water partition coefficient (Wildman–Crippen LogP) is 5.06. The number of rotatable bonds is 4. The number of hydrogen-bond donors (Lipinski definition) is 3. The van der Waals surface area contributed by atoms with Crippen LogP contribution in [0.15, 0.2) is 81.9 Å². The summed E-state index contributed by atoms with van der Waals surface area (Å²) in [5.74, 6) is -1.83. The predicted molar refractivity (Wildman–Crippen MR) is 111 cm³/mol. The number of phenols is 1. The Morgan fingerprint density at radius 2 is 1.47 bits per heavy atom. The number of hydrogen-bond acceptors (Lipinski definition) is 6. The lowest BCUT2D eigenvalue weighted by atomic mass is 10.0. The number of carboxylic acid groups (broad SMARTS) is 1. The van der Waals surface area contributed by atoms with E-state index in [1.165, 1.54) is 24.3 Å². The van der Waals surface area contributed by atoms with Crippen molar-refractivity contribution in [2.75, 3.05) is 0 Å². The molecular weight excluding hydrogens is 408 g/mol. The van der Waals surface area contributed by atoms with Gasteiger partial charge in [-0.1, -0.05) is 48.5 Å². The first kappa shape index (κ1) is 19.5. The maximum Gasteiger partial charge on any atom is 0.339 e. The van der Waals surface area contributed by atoms with Gasteiger partial charge < -0.3 is 10.2 Å². The third-order valence-corrected chi connectivity index (χ3v) is 5.53. The number of fused-ring (bicyclic) bond motifs is 2. The molecule has 4 rings (SSSR count). The van der Waals surface area contributed by atoms with E-state index >= 15 is 0 Å². The molecule has 0 aliphatic heterocycles. The van der Waals surface area contributed by atoms with Gasteiger partial charge in [0, 0.05) is 16.2 Å². The van der Waals surface area contributed by atoms with E-state index in [0.717, 1.165) is 0 Å². The minimum Gasteiger partial charge on any atom is -0.505 e. The van der Waals surface area contributed by atoms with Crippen molar-refractivity contribution in [3.05, 3.63) is 72.3 Å². The molecular formula is C21H14N2O6S. The number of benzene rings is 4. The second-order valence-corrected chi connectivity index (χ2v) is 7.84. The van der Waals surface area contributed by atoms with Crippen molar-refractivity contribution < 1.29 is 28.0 Å². The Morgan fingerprint density at radius 3 is 2.13 bits per heavy atom. The lowest BCUT2D eigenvalue weighted by Gasteiger charge is -2.08. The van der Waals surface area contributed by atoms with Gasteiger partial charge in [0.05, 0.1) is 5.69 Å². The molecule has 0 radical (unpaired) electrons. The van der Waals surface area contributed by atoms with Crippen molar-refractivity contribution in [1.82, 2.24) is 0 Å². The average molecular weight is 422 g/mol. The van der Waals surface area contributed by atoms with Crippen LogP contribution in [0.25, 0.3) is 21.5 Å². The first-order valence-electron chi connectivity index (χ1n) is 8.66. The maximum absolute atomic E-state index is 11.6. The Bertz CT molecular complexity index is 1460. The van der Waals surface area contributed by atoms with Crippen molar-refractivity contribution in [2.45, 2.75) is 4.90 Å². The fraction of sp³-hybridized carbons (Fsp3) is 0. The van der Waals surface area contributed by atoms with Crippen LogP contribution in [0.3, 0.4) is 0 Å². The second kappa shape index (κ2) is 7.21. The fourth-order valence-electron chi connectivity index (χ4n) is 3.25. The summed E-state index contributed by atoms with van der Waals surface area (Å²) in [6.07, 6.45) is 0. The summed E-state index contributed by atoms with van der Waals surface area (Å²) in [7, 11) is -4.44. The summed E-state index contributed by atoms with van der Waals surface area (Å²) < 4.78 is 32.7. The monoisotopic (exact) mass is 422 g/mol. The maximum atomic E-state index is 11.6. The molecule has 0 spiro atoms. The molecule has 150 valence electrons. The van der Waals surface area contributed by atoms with E-state index in [-0.39, 0.29) is 27.2 Å². The van der Waals surface area contributed by atoms with Gasteiger partial charge in [-0.2, -0.15) is 8.42 Å². The number of aromatic carboxylic acids is 1. The summed E-state index contributed by atoms with van der Waals surface area (Å²) in [5.41, 5.74) is -0.0510. The van der Waals surface area contributed by atoms with E-state index < -0.39 is 21.8 Å². The van der Waals surface area contributed by atoms with Crippen molar-refractivity contribution in [2.24, 2.45) is 10.2 Å². The average Bonchev–Trinajstić information content (AvgIpc) is 2.71. The quantitative estimate of drug-likeness (QED) is 0.311. The Kier molecular flexibility index (Phi) is 4.69. The van der Waals surface area contributed by atoms with Crippen LogP contribution in [0.4, 0.5) is 11.4 Å². The SMILES string of the molecule is O=C(O)c1cc2ccccc2c(N=Nc2ccc(S(=O)(=O)O)c3ccccc23)c1O. The zero-order valence-corrected chi connectivity index (χ0v) is 16.0. The topological polar surface area (TPSA) is 137 Å². The van der Waals surface area contributed by atoms with Gasteiger partial charge in [0.25, 0.3) is 10.1 Å². The molecule has 0 saturated carbocycles. The highest BCUT2D eigenvalue weighted by Crippen LogP contribution is 2.40. The molecule has 4 aromatic carbocycles. The lowest BCUT2D eigenvalue weighted by Crippen LogP contribution is -1.98. The van der Waals surface area contributed by atoms with Crippen LogP contribution in [-0.2, 0) is 10.1 Å². The second-order valence-electron chi connectivity index (χ2n) is 6.45. The van der Waals surface area contributed by atoms with Gasteiger partial charge in [0.1, 0.15) is 16.1 Å². The minimum atomic E-state index is -4.44. The Morgan fingerprint density at radius 1 is 0.833 bits per heavy atom. The smallest absolute Gasteiger partial charge is 0.339 e. The molecule has 4 aromatic rings. The zero-order valence-electron chi connectivity index (χ0n) is 15.2. The molecule has 0 bridgehead atoms. The molecule has 8 nitrogen and oxygen atoms in total. The van der Waals surface area contributed by atoms with E-state index in [1.807, 2.05) is 0 Å². The molecule has 9 heteroatoms. The molecule has 30 heavy (non-hydrogen) atoms. The van der Waals surface area contributed by atoms with Crippen molar-refractivity contribution in [1.29, 1.82) is 0 Å². The molecule has 0 aliphatic carbocycles. The van der Waals surface area contributed by atoms with E-state index in [0.29, 0.717) is 16.2 Å². The molecule has 0 atom stereocenters. The van der Waals surface area contributed by atoms with Gasteiger partial charge in [0.15, 0.2) is 5.75 Å². The first-order valence-corrected chi connectivity index (χ1v) is 10.1. The highest BCUT2D eigenvalue weighted by atomic mass is 32.2. The van der Waals surface area contributed by atoms with Crippen LogP contribution in [0.2, 0.25) is 0 Å². The molecule has 0 aliphatic rings. The van der Waals surface area contributed by atoms with E-state index in [9.17, 15) is 28.0 Å². The molecule has 0 heterocycles. The van der Waals surface area contributed by atoms with Crippen LogP contribution in [-0.4, -0.2) is 29.2 Å². The Labute approximate surface area is 170 Å². The van der Waals surface area contributed by atoms with Crippen molar-refractivity contribution in [3.63, 3.8) is 0 Å². The van der Waals surface area contributed by atoms with Crippen molar-refractivity contribution >= 4 is 49.0 Å². The van der Waals surface area contributed by atoms with Crippen molar-refractivity contribution in [3.8, 4) is 5.75 Å². The lowest BCUT2D eigenvalue weighted by molar-refractivity contribution is 0.0694. The van der Waals surface area contributed by atoms with Gasteiger partial charge in [-0.15, -0.1) is 10.2 Å². The Balaban J connectivity index is 1.94. The summed E-state index contributed by atoms with van der Waals surface area (Å²) >= 11 is 0. The van der Waals surface area contributed by atoms with Gasteiger partial charge in [-0.3, -0.25) is 4.55 Å². The third kappa shape index (κ3) is 3.36. The number of carbonyl (C=O) groups is 1. The molecule has 0 saturated heterocycles. The van der Waals surface area contributed by atoms with Gasteiger partial charge in [-0.05, 0) is 23.6 Å². The molecule has 0 unspecified atom stereocenters. The number of aromatic hydroxyl groups is 1. The first-order chi connectivity index (χ1) is 14.3. The minimum absolute atomic E-state index is 0.0200.